The quantitative estimate of drug-likeness (QED) is 0.462. The normalized spacial score (nSPS) is 20.3. The van der Waals surface area contributed by atoms with Crippen LogP contribution in [0.3, 0.4) is 0 Å². The third-order valence-electron chi connectivity index (χ3n) is 7.30. The highest BCUT2D eigenvalue weighted by Gasteiger charge is 2.39. The van der Waals surface area contributed by atoms with E-state index in [1.807, 2.05) is 37.3 Å². The number of piperazine rings is 1. The first-order valence-corrected chi connectivity index (χ1v) is 15.0. The molecule has 2 aliphatic rings. The Morgan fingerprint density at radius 1 is 1.15 bits per heavy atom. The number of amides is 1. The number of benzene rings is 1. The van der Waals surface area contributed by atoms with Crippen LogP contribution in [0.4, 0.5) is 11.5 Å². The molecule has 3 aromatic rings. The summed E-state index contributed by atoms with van der Waals surface area (Å²) >= 11 is 1.09. The molecule has 3 N–H and O–H groups in total. The van der Waals surface area contributed by atoms with Gasteiger partial charge in [0.05, 0.1) is 12.2 Å². The van der Waals surface area contributed by atoms with Crippen LogP contribution in [-0.2, 0) is 14.8 Å². The largest absolute Gasteiger partial charge is 0.477 e. The minimum atomic E-state index is -3.99. The number of carbonyl (C=O) groups excluding carboxylic acids is 1. The van der Waals surface area contributed by atoms with Crippen molar-refractivity contribution in [1.82, 2.24) is 9.29 Å². The molecule has 0 aliphatic carbocycles. The Balaban J connectivity index is 1.35. The highest BCUT2D eigenvalue weighted by atomic mass is 32.2. The maximum atomic E-state index is 13.5. The summed E-state index contributed by atoms with van der Waals surface area (Å²) in [5.74, 6) is -0.935. The average Bonchev–Trinajstić information content (AvgIpc) is 3.34. The van der Waals surface area contributed by atoms with Gasteiger partial charge in [-0.3, -0.25) is 4.79 Å². The first kappa shape index (κ1) is 27.3. The number of carbonyl (C=O) groups is 2. The zero-order valence-corrected chi connectivity index (χ0v) is 23.4. The van der Waals surface area contributed by atoms with Crippen molar-refractivity contribution in [2.75, 3.05) is 36.0 Å². The predicted molar refractivity (Wildman–Crippen MR) is 151 cm³/mol. The average molecular weight is 570 g/mol. The van der Waals surface area contributed by atoms with Crippen LogP contribution >= 0.6 is 11.3 Å². The first-order chi connectivity index (χ1) is 18.5. The van der Waals surface area contributed by atoms with E-state index < -0.39 is 34.5 Å². The summed E-state index contributed by atoms with van der Waals surface area (Å²) < 4.78 is 28.0. The SMILES string of the molecule is C[C@@H]1CN(S(=O)(=O)c2ccc(N3CCC(C)(N)CC3)nc2)CC(=O)N1c1cc(-c2ccccc2)sc1C(=O)O. The molecule has 1 aromatic carbocycles. The van der Waals surface area contributed by atoms with E-state index >= 15 is 0 Å². The minimum absolute atomic E-state index is 0.00787. The number of aromatic nitrogens is 1. The molecule has 0 unspecified atom stereocenters. The molecule has 206 valence electrons. The number of thiophene rings is 1. The smallest absolute Gasteiger partial charge is 0.348 e. The van der Waals surface area contributed by atoms with E-state index in [4.69, 9.17) is 5.73 Å². The Morgan fingerprint density at radius 2 is 1.85 bits per heavy atom. The van der Waals surface area contributed by atoms with Crippen LogP contribution in [0.15, 0.2) is 59.6 Å². The minimum Gasteiger partial charge on any atom is -0.477 e. The molecule has 5 rings (SSSR count). The topological polar surface area (TPSA) is 137 Å². The third-order valence-corrected chi connectivity index (χ3v) is 10.3. The van der Waals surface area contributed by atoms with Gasteiger partial charge in [-0.15, -0.1) is 11.3 Å². The monoisotopic (exact) mass is 569 g/mol. The fourth-order valence-corrected chi connectivity index (χ4v) is 7.44. The van der Waals surface area contributed by atoms with Gasteiger partial charge < -0.3 is 20.6 Å². The van der Waals surface area contributed by atoms with E-state index in [0.717, 1.165) is 47.1 Å². The molecular formula is C27H31N5O5S2. The maximum absolute atomic E-state index is 13.5. The summed E-state index contributed by atoms with van der Waals surface area (Å²) in [6.45, 7) is 4.85. The van der Waals surface area contributed by atoms with Gasteiger partial charge in [-0.05, 0) is 50.5 Å². The number of anilines is 2. The van der Waals surface area contributed by atoms with Crippen molar-refractivity contribution in [3.63, 3.8) is 0 Å². The number of nitrogens with zero attached hydrogens (tertiary/aromatic N) is 4. The molecule has 0 spiro atoms. The standard InChI is InChI=1S/C27H31N5O5S2/c1-18-16-31(39(36,37)20-8-9-23(29-15-20)30-12-10-27(2,28)11-13-30)17-24(33)32(18)21-14-22(38-25(21)26(34)35)19-6-4-3-5-7-19/h3-9,14-15,18H,10-13,16-17,28H2,1-2H3,(H,34,35)/t18-/m1/s1. The maximum Gasteiger partial charge on any atom is 0.348 e. The van der Waals surface area contributed by atoms with Crippen LogP contribution < -0.4 is 15.5 Å². The van der Waals surface area contributed by atoms with Gasteiger partial charge in [-0.1, -0.05) is 30.3 Å². The van der Waals surface area contributed by atoms with E-state index in [0.29, 0.717) is 10.7 Å². The van der Waals surface area contributed by atoms with Gasteiger partial charge >= 0.3 is 5.97 Å². The lowest BCUT2D eigenvalue weighted by molar-refractivity contribution is -0.120. The fourth-order valence-electron chi connectivity index (χ4n) is 5.03. The number of pyridine rings is 1. The van der Waals surface area contributed by atoms with Crippen molar-refractivity contribution >= 4 is 44.7 Å². The van der Waals surface area contributed by atoms with Gasteiger partial charge in [0.2, 0.25) is 15.9 Å². The summed E-state index contributed by atoms with van der Waals surface area (Å²) in [7, 11) is -3.99. The molecule has 4 heterocycles. The second kappa shape index (κ2) is 10.3. The van der Waals surface area contributed by atoms with E-state index in [1.165, 1.54) is 17.2 Å². The van der Waals surface area contributed by atoms with Crippen LogP contribution in [0.1, 0.15) is 36.4 Å². The Kier molecular flexibility index (Phi) is 7.23. The van der Waals surface area contributed by atoms with Gasteiger partial charge in [-0.25, -0.2) is 18.2 Å². The highest BCUT2D eigenvalue weighted by Crippen LogP contribution is 2.39. The summed E-state index contributed by atoms with van der Waals surface area (Å²) in [4.78, 5) is 34.0. The molecule has 1 amide bonds. The van der Waals surface area contributed by atoms with Crippen LogP contribution in [0.5, 0.6) is 0 Å². The molecule has 2 saturated heterocycles. The van der Waals surface area contributed by atoms with Crippen LogP contribution in [0.2, 0.25) is 0 Å². The summed E-state index contributed by atoms with van der Waals surface area (Å²) in [6, 6.07) is 13.6. The van der Waals surface area contributed by atoms with Crippen molar-refractivity contribution in [3.8, 4) is 10.4 Å². The zero-order chi connectivity index (χ0) is 27.9. The van der Waals surface area contributed by atoms with E-state index in [9.17, 15) is 23.1 Å². The van der Waals surface area contributed by atoms with Crippen molar-refractivity contribution < 1.29 is 23.1 Å². The Bertz CT molecular complexity index is 1480. The van der Waals surface area contributed by atoms with Gasteiger partial charge in [0.15, 0.2) is 0 Å². The molecule has 2 aliphatic heterocycles. The number of hydrogen-bond donors (Lipinski definition) is 2. The van der Waals surface area contributed by atoms with Crippen LogP contribution in [0, 0.1) is 0 Å². The number of carboxylic acids is 1. The highest BCUT2D eigenvalue weighted by molar-refractivity contribution is 7.89. The number of aromatic carboxylic acids is 1. The van der Waals surface area contributed by atoms with Crippen molar-refractivity contribution in [2.24, 2.45) is 5.73 Å². The fraction of sp³-hybridized carbons (Fsp3) is 0.370. The molecule has 1 atom stereocenters. The van der Waals surface area contributed by atoms with Crippen molar-refractivity contribution in [2.45, 2.75) is 43.2 Å². The molecule has 2 fully saturated rings. The number of hydrogen-bond acceptors (Lipinski definition) is 8. The molecule has 39 heavy (non-hydrogen) atoms. The van der Waals surface area contributed by atoms with Gasteiger partial charge in [0.1, 0.15) is 15.6 Å². The Hall–Kier alpha value is -3.32. The lowest BCUT2D eigenvalue weighted by Crippen LogP contribution is -2.57. The summed E-state index contributed by atoms with van der Waals surface area (Å²) in [5, 5.41) is 9.85. The predicted octanol–water partition coefficient (Wildman–Crippen LogP) is 3.25. The first-order valence-electron chi connectivity index (χ1n) is 12.7. The van der Waals surface area contributed by atoms with Crippen molar-refractivity contribution in [3.05, 3.63) is 59.6 Å². The summed E-state index contributed by atoms with van der Waals surface area (Å²) in [5.41, 5.74) is 7.13. The van der Waals surface area contributed by atoms with Crippen LogP contribution in [-0.4, -0.2) is 72.4 Å². The number of sulfonamides is 1. The van der Waals surface area contributed by atoms with Crippen LogP contribution in [0.25, 0.3) is 10.4 Å². The number of nitrogens with two attached hydrogens (primary N) is 1. The molecule has 10 nitrogen and oxygen atoms in total. The second-order valence-corrected chi connectivity index (χ2v) is 13.4. The second-order valence-electron chi connectivity index (χ2n) is 10.4. The number of rotatable bonds is 6. The lowest BCUT2D eigenvalue weighted by Gasteiger charge is -2.38. The van der Waals surface area contributed by atoms with Gasteiger partial charge in [0, 0.05) is 42.3 Å². The molecule has 2 aromatic heterocycles. The zero-order valence-electron chi connectivity index (χ0n) is 21.8. The van der Waals surface area contributed by atoms with Gasteiger partial charge in [0.25, 0.3) is 0 Å². The number of carboxylic acid groups (broad SMARTS) is 1. The molecule has 0 saturated carbocycles. The molecule has 12 heteroatoms. The molecular weight excluding hydrogens is 538 g/mol. The van der Waals surface area contributed by atoms with E-state index in [2.05, 4.69) is 9.88 Å². The van der Waals surface area contributed by atoms with E-state index in [-0.39, 0.29) is 27.5 Å². The lowest BCUT2D eigenvalue weighted by atomic mass is 9.91. The Labute approximate surface area is 231 Å². The van der Waals surface area contributed by atoms with Crippen molar-refractivity contribution in [1.29, 1.82) is 0 Å². The molecule has 0 bridgehead atoms. The third kappa shape index (κ3) is 5.42. The molecule has 0 radical (unpaired) electrons. The Morgan fingerprint density at radius 3 is 2.44 bits per heavy atom. The summed E-state index contributed by atoms with van der Waals surface area (Å²) in [6.07, 6.45) is 2.97. The number of piperidine rings is 1. The van der Waals surface area contributed by atoms with Gasteiger partial charge in [-0.2, -0.15) is 4.31 Å². The van der Waals surface area contributed by atoms with E-state index in [1.54, 1.807) is 19.1 Å².